The molecule has 7 heteroatoms. The predicted octanol–water partition coefficient (Wildman–Crippen LogP) is 4.28. The molecule has 4 rings (SSSR count). The highest BCUT2D eigenvalue weighted by Gasteiger charge is 2.24. The summed E-state index contributed by atoms with van der Waals surface area (Å²) in [4.78, 5) is 18.7. The molecule has 1 aliphatic heterocycles. The Morgan fingerprint density at radius 1 is 1.17 bits per heavy atom. The number of aromatic nitrogens is 1. The number of carbonyl (C=O) groups is 1. The van der Waals surface area contributed by atoms with Crippen LogP contribution < -0.4 is 10.2 Å². The Kier molecular flexibility index (Phi) is 5.81. The summed E-state index contributed by atoms with van der Waals surface area (Å²) in [6.45, 7) is 5.20. The molecular formula is C23H24FN3O3. The van der Waals surface area contributed by atoms with Crippen molar-refractivity contribution < 1.29 is 18.3 Å². The topological polar surface area (TPSA) is 67.6 Å². The molecule has 3 aromatic rings. The van der Waals surface area contributed by atoms with E-state index in [2.05, 4.69) is 10.3 Å². The molecule has 0 unspecified atom stereocenters. The zero-order chi connectivity index (χ0) is 21.1. The molecule has 0 bridgehead atoms. The molecule has 1 saturated heterocycles. The van der Waals surface area contributed by atoms with Crippen molar-refractivity contribution in [3.63, 3.8) is 0 Å². The lowest BCUT2D eigenvalue weighted by Crippen LogP contribution is -2.45. The zero-order valence-electron chi connectivity index (χ0n) is 17.0. The summed E-state index contributed by atoms with van der Waals surface area (Å²) in [5, 5.41) is 2.72. The van der Waals surface area contributed by atoms with Crippen molar-refractivity contribution in [2.24, 2.45) is 0 Å². The monoisotopic (exact) mass is 409 g/mol. The van der Waals surface area contributed by atoms with E-state index in [9.17, 15) is 9.18 Å². The number of anilines is 2. The summed E-state index contributed by atoms with van der Waals surface area (Å²) in [5.41, 5.74) is 2.27. The molecule has 156 valence electrons. The number of ether oxygens (including phenoxy) is 1. The molecule has 1 aliphatic rings. The van der Waals surface area contributed by atoms with Crippen molar-refractivity contribution in [1.29, 1.82) is 0 Å². The first-order chi connectivity index (χ1) is 14.5. The number of hydrogen-bond acceptors (Lipinski definition) is 5. The van der Waals surface area contributed by atoms with E-state index in [0.29, 0.717) is 36.0 Å². The van der Waals surface area contributed by atoms with Crippen molar-refractivity contribution in [3.05, 3.63) is 66.3 Å². The average Bonchev–Trinajstić information content (AvgIpc) is 3.16. The maximum absolute atomic E-state index is 14.7. The highest BCUT2D eigenvalue weighted by molar-refractivity contribution is 5.92. The summed E-state index contributed by atoms with van der Waals surface area (Å²) >= 11 is 0. The van der Waals surface area contributed by atoms with E-state index in [-0.39, 0.29) is 30.4 Å². The Labute approximate surface area is 174 Å². The van der Waals surface area contributed by atoms with Crippen LogP contribution in [0.5, 0.6) is 0 Å². The molecule has 0 saturated carbocycles. The standard InChI is InChI=1S/C23H24FN3O3/c1-15-12-27(13-16(2)30-15)21-9-8-18(10-20(21)24)25-22(28)11-19-14-29-23(26-19)17-6-4-3-5-7-17/h3-10,14-16H,11-13H2,1-2H3,(H,25,28)/t15-,16-/m1/s1. The van der Waals surface area contributed by atoms with Crippen molar-refractivity contribution in [3.8, 4) is 11.5 Å². The minimum Gasteiger partial charge on any atom is -0.444 e. The Bertz CT molecular complexity index is 1010. The van der Waals surface area contributed by atoms with Gasteiger partial charge in [-0.1, -0.05) is 18.2 Å². The molecule has 30 heavy (non-hydrogen) atoms. The Morgan fingerprint density at radius 2 is 1.90 bits per heavy atom. The van der Waals surface area contributed by atoms with Crippen molar-refractivity contribution in [2.45, 2.75) is 32.5 Å². The first-order valence-corrected chi connectivity index (χ1v) is 9.97. The van der Waals surface area contributed by atoms with Gasteiger partial charge >= 0.3 is 0 Å². The molecular weight excluding hydrogens is 385 g/mol. The second kappa shape index (κ2) is 8.67. The van der Waals surface area contributed by atoms with Gasteiger partial charge in [-0.2, -0.15) is 0 Å². The summed E-state index contributed by atoms with van der Waals surface area (Å²) in [7, 11) is 0. The third-order valence-corrected chi connectivity index (χ3v) is 4.91. The lowest BCUT2D eigenvalue weighted by Gasteiger charge is -2.37. The number of nitrogens with zero attached hydrogens (tertiary/aromatic N) is 2. The van der Waals surface area contributed by atoms with Crippen LogP contribution in [0.25, 0.3) is 11.5 Å². The fraction of sp³-hybridized carbons (Fsp3) is 0.304. The van der Waals surface area contributed by atoms with Crippen LogP contribution in [-0.2, 0) is 16.0 Å². The SMILES string of the molecule is C[C@@H]1CN(c2ccc(NC(=O)Cc3coc(-c4ccccc4)n3)cc2F)C[C@@H](C)O1. The van der Waals surface area contributed by atoms with E-state index in [0.717, 1.165) is 5.56 Å². The van der Waals surface area contributed by atoms with Crippen LogP contribution in [0.2, 0.25) is 0 Å². The van der Waals surface area contributed by atoms with Gasteiger partial charge in [0.2, 0.25) is 11.8 Å². The summed E-state index contributed by atoms with van der Waals surface area (Å²) < 4.78 is 25.9. The zero-order valence-corrected chi connectivity index (χ0v) is 17.0. The molecule has 1 N–H and O–H groups in total. The minimum atomic E-state index is -0.373. The second-order valence-electron chi connectivity index (χ2n) is 7.56. The average molecular weight is 409 g/mol. The number of oxazole rings is 1. The van der Waals surface area contributed by atoms with Gasteiger partial charge in [-0.15, -0.1) is 0 Å². The van der Waals surface area contributed by atoms with E-state index >= 15 is 0 Å². The van der Waals surface area contributed by atoms with Crippen LogP contribution in [0.4, 0.5) is 15.8 Å². The maximum Gasteiger partial charge on any atom is 0.230 e. The van der Waals surface area contributed by atoms with Gasteiger partial charge in [-0.05, 0) is 44.2 Å². The Balaban J connectivity index is 1.39. The van der Waals surface area contributed by atoms with Gasteiger partial charge in [0.1, 0.15) is 12.1 Å². The van der Waals surface area contributed by atoms with Crippen molar-refractivity contribution in [1.82, 2.24) is 4.98 Å². The number of carbonyl (C=O) groups excluding carboxylic acids is 1. The molecule has 0 spiro atoms. The number of rotatable bonds is 5. The van der Waals surface area contributed by atoms with E-state index in [1.807, 2.05) is 49.1 Å². The van der Waals surface area contributed by atoms with Crippen LogP contribution in [0.3, 0.4) is 0 Å². The largest absolute Gasteiger partial charge is 0.444 e. The third-order valence-electron chi connectivity index (χ3n) is 4.91. The maximum atomic E-state index is 14.7. The van der Waals surface area contributed by atoms with Crippen LogP contribution >= 0.6 is 0 Å². The molecule has 2 aromatic carbocycles. The molecule has 1 fully saturated rings. The van der Waals surface area contributed by atoms with E-state index in [1.165, 1.54) is 12.3 Å². The van der Waals surface area contributed by atoms with E-state index in [1.54, 1.807) is 12.1 Å². The lowest BCUT2D eigenvalue weighted by molar-refractivity contribution is -0.115. The highest BCUT2D eigenvalue weighted by Crippen LogP contribution is 2.26. The summed E-state index contributed by atoms with van der Waals surface area (Å²) in [6.07, 6.45) is 1.58. The van der Waals surface area contributed by atoms with E-state index in [4.69, 9.17) is 9.15 Å². The first kappa shape index (κ1) is 20.1. The molecule has 0 aliphatic carbocycles. The fourth-order valence-corrected chi connectivity index (χ4v) is 3.69. The van der Waals surface area contributed by atoms with Gasteiger partial charge in [0.15, 0.2) is 0 Å². The molecule has 6 nitrogen and oxygen atoms in total. The molecule has 2 heterocycles. The molecule has 0 radical (unpaired) electrons. The van der Waals surface area contributed by atoms with Gasteiger partial charge in [-0.3, -0.25) is 4.79 Å². The number of halogens is 1. The van der Waals surface area contributed by atoms with Crippen molar-refractivity contribution >= 4 is 17.3 Å². The highest BCUT2D eigenvalue weighted by atomic mass is 19.1. The number of hydrogen-bond donors (Lipinski definition) is 1. The molecule has 1 aromatic heterocycles. The normalized spacial score (nSPS) is 19.0. The van der Waals surface area contributed by atoms with Crippen LogP contribution in [0.15, 0.2) is 59.2 Å². The Morgan fingerprint density at radius 3 is 2.60 bits per heavy atom. The van der Waals surface area contributed by atoms with Crippen molar-refractivity contribution in [2.75, 3.05) is 23.3 Å². The minimum absolute atomic E-state index is 0.0377. The molecule has 1 amide bonds. The number of morpholine rings is 1. The van der Waals surface area contributed by atoms with Crippen LogP contribution in [0, 0.1) is 5.82 Å². The van der Waals surface area contributed by atoms with Gasteiger partial charge in [-0.25, -0.2) is 9.37 Å². The van der Waals surface area contributed by atoms with Crippen LogP contribution in [-0.4, -0.2) is 36.2 Å². The van der Waals surface area contributed by atoms with Gasteiger partial charge < -0.3 is 19.4 Å². The van der Waals surface area contributed by atoms with Crippen LogP contribution in [0.1, 0.15) is 19.5 Å². The van der Waals surface area contributed by atoms with Gasteiger partial charge in [0.25, 0.3) is 0 Å². The second-order valence-corrected chi connectivity index (χ2v) is 7.56. The van der Waals surface area contributed by atoms with E-state index < -0.39 is 0 Å². The first-order valence-electron chi connectivity index (χ1n) is 9.97. The number of benzene rings is 2. The predicted molar refractivity (Wildman–Crippen MR) is 113 cm³/mol. The summed E-state index contributed by atoms with van der Waals surface area (Å²) in [6, 6.07) is 14.2. The number of nitrogens with one attached hydrogen (secondary N) is 1. The summed E-state index contributed by atoms with van der Waals surface area (Å²) in [5.74, 6) is -0.201. The molecule has 2 atom stereocenters. The quantitative estimate of drug-likeness (QED) is 0.681. The lowest BCUT2D eigenvalue weighted by atomic mass is 10.1. The van der Waals surface area contributed by atoms with Gasteiger partial charge in [0, 0.05) is 24.3 Å². The number of amides is 1. The Hall–Kier alpha value is -3.19. The smallest absolute Gasteiger partial charge is 0.230 e. The van der Waals surface area contributed by atoms with Gasteiger partial charge in [0.05, 0.1) is 30.0 Å². The third kappa shape index (κ3) is 4.68. The fourth-order valence-electron chi connectivity index (χ4n) is 3.69.